The van der Waals surface area contributed by atoms with E-state index in [-0.39, 0.29) is 5.91 Å². The van der Waals surface area contributed by atoms with Crippen LogP contribution >= 0.6 is 11.6 Å². The van der Waals surface area contributed by atoms with Crippen molar-refractivity contribution in [3.8, 4) is 0 Å². The molecule has 1 fully saturated rings. The SMILES string of the molecule is Cc1c(C(=O)Nc2cccc(N3CCOCC3)c2)oc2ccc(Cl)cc12. The number of nitrogens with one attached hydrogen (secondary N) is 1. The van der Waals surface area contributed by atoms with Gasteiger partial charge in [0.05, 0.1) is 13.2 Å². The monoisotopic (exact) mass is 370 g/mol. The number of aryl methyl sites for hydroxylation is 1. The molecule has 1 N–H and O–H groups in total. The molecule has 0 saturated carbocycles. The minimum Gasteiger partial charge on any atom is -0.451 e. The molecule has 2 aromatic carbocycles. The van der Waals surface area contributed by atoms with Crippen LogP contribution < -0.4 is 10.2 Å². The Kier molecular flexibility index (Phi) is 4.57. The van der Waals surface area contributed by atoms with Crippen molar-refractivity contribution in [1.29, 1.82) is 0 Å². The van der Waals surface area contributed by atoms with Gasteiger partial charge in [0.25, 0.3) is 5.91 Å². The topological polar surface area (TPSA) is 54.7 Å². The van der Waals surface area contributed by atoms with Gasteiger partial charge in [-0.3, -0.25) is 4.79 Å². The van der Waals surface area contributed by atoms with Crippen molar-refractivity contribution in [2.75, 3.05) is 36.5 Å². The molecule has 3 aromatic rings. The quantitative estimate of drug-likeness (QED) is 0.738. The number of hydrogen-bond acceptors (Lipinski definition) is 4. The molecule has 134 valence electrons. The molecule has 2 heterocycles. The van der Waals surface area contributed by atoms with Gasteiger partial charge in [0.15, 0.2) is 5.76 Å². The highest BCUT2D eigenvalue weighted by Crippen LogP contribution is 2.29. The second-order valence-corrected chi connectivity index (χ2v) is 6.74. The average Bonchev–Trinajstić information content (AvgIpc) is 2.99. The number of rotatable bonds is 3. The number of carbonyl (C=O) groups is 1. The number of anilines is 2. The van der Waals surface area contributed by atoms with E-state index in [2.05, 4.69) is 10.2 Å². The van der Waals surface area contributed by atoms with Gasteiger partial charge < -0.3 is 19.4 Å². The number of carbonyl (C=O) groups excluding carboxylic acids is 1. The van der Waals surface area contributed by atoms with E-state index in [1.807, 2.05) is 37.3 Å². The lowest BCUT2D eigenvalue weighted by molar-refractivity contribution is 0.0998. The fourth-order valence-electron chi connectivity index (χ4n) is 3.20. The first-order chi connectivity index (χ1) is 12.6. The number of halogens is 1. The Morgan fingerprint density at radius 1 is 1.15 bits per heavy atom. The van der Waals surface area contributed by atoms with Gasteiger partial charge in [0, 0.05) is 40.4 Å². The number of amides is 1. The number of nitrogens with zero attached hydrogens (tertiary/aromatic N) is 1. The summed E-state index contributed by atoms with van der Waals surface area (Å²) in [6, 6.07) is 13.2. The molecule has 26 heavy (non-hydrogen) atoms. The third-order valence-corrected chi connectivity index (χ3v) is 4.82. The van der Waals surface area contributed by atoms with Crippen molar-refractivity contribution in [2.24, 2.45) is 0 Å². The highest BCUT2D eigenvalue weighted by Gasteiger charge is 2.18. The van der Waals surface area contributed by atoms with Gasteiger partial charge in [-0.2, -0.15) is 0 Å². The van der Waals surface area contributed by atoms with E-state index in [4.69, 9.17) is 20.8 Å². The summed E-state index contributed by atoms with van der Waals surface area (Å²) in [5.41, 5.74) is 3.24. The summed E-state index contributed by atoms with van der Waals surface area (Å²) in [5.74, 6) is 0.0352. The lowest BCUT2D eigenvalue weighted by Crippen LogP contribution is -2.36. The molecule has 1 aromatic heterocycles. The van der Waals surface area contributed by atoms with Crippen molar-refractivity contribution < 1.29 is 13.9 Å². The predicted octanol–water partition coefficient (Wildman–Crippen LogP) is 4.48. The molecule has 5 nitrogen and oxygen atoms in total. The maximum atomic E-state index is 12.7. The molecule has 1 amide bonds. The maximum Gasteiger partial charge on any atom is 0.291 e. The van der Waals surface area contributed by atoms with Gasteiger partial charge in [-0.1, -0.05) is 17.7 Å². The second kappa shape index (κ2) is 7.02. The maximum absolute atomic E-state index is 12.7. The third kappa shape index (κ3) is 3.28. The molecule has 0 aliphatic carbocycles. The van der Waals surface area contributed by atoms with Crippen LogP contribution in [0.4, 0.5) is 11.4 Å². The normalized spacial score (nSPS) is 14.6. The summed E-state index contributed by atoms with van der Waals surface area (Å²) >= 11 is 6.04. The summed E-state index contributed by atoms with van der Waals surface area (Å²) in [6.07, 6.45) is 0. The number of fused-ring (bicyclic) bond motifs is 1. The lowest BCUT2D eigenvalue weighted by atomic mass is 10.1. The fraction of sp³-hybridized carbons (Fsp3) is 0.250. The molecule has 0 atom stereocenters. The van der Waals surface area contributed by atoms with Crippen molar-refractivity contribution in [2.45, 2.75) is 6.92 Å². The molecule has 0 unspecified atom stereocenters. The number of furan rings is 1. The summed E-state index contributed by atoms with van der Waals surface area (Å²) in [4.78, 5) is 14.9. The second-order valence-electron chi connectivity index (χ2n) is 6.30. The zero-order valence-electron chi connectivity index (χ0n) is 14.4. The Hall–Kier alpha value is -2.50. The van der Waals surface area contributed by atoms with E-state index in [1.54, 1.807) is 12.1 Å². The van der Waals surface area contributed by atoms with E-state index >= 15 is 0 Å². The van der Waals surface area contributed by atoms with Crippen LogP contribution in [0.3, 0.4) is 0 Å². The molecule has 1 aliphatic rings. The molecular formula is C20H19ClN2O3. The summed E-state index contributed by atoms with van der Waals surface area (Å²) < 4.78 is 11.1. The Morgan fingerprint density at radius 2 is 1.96 bits per heavy atom. The number of morpholine rings is 1. The third-order valence-electron chi connectivity index (χ3n) is 4.58. The van der Waals surface area contributed by atoms with Gasteiger partial charge in [-0.25, -0.2) is 0 Å². The Morgan fingerprint density at radius 3 is 2.77 bits per heavy atom. The first-order valence-electron chi connectivity index (χ1n) is 8.54. The zero-order valence-corrected chi connectivity index (χ0v) is 15.2. The Balaban J connectivity index is 1.57. The summed E-state index contributed by atoms with van der Waals surface area (Å²) in [6.45, 7) is 5.00. The predicted molar refractivity (Wildman–Crippen MR) is 103 cm³/mol. The van der Waals surface area contributed by atoms with Crippen LogP contribution in [-0.2, 0) is 4.74 Å². The minimum absolute atomic E-state index is 0.269. The molecule has 4 rings (SSSR count). The minimum atomic E-state index is -0.269. The van der Waals surface area contributed by atoms with Crippen molar-refractivity contribution in [1.82, 2.24) is 0 Å². The number of ether oxygens (including phenoxy) is 1. The van der Waals surface area contributed by atoms with Crippen LogP contribution in [-0.4, -0.2) is 32.2 Å². The first-order valence-corrected chi connectivity index (χ1v) is 8.92. The average molecular weight is 371 g/mol. The molecule has 0 bridgehead atoms. The van der Waals surface area contributed by atoms with Crippen molar-refractivity contribution in [3.05, 3.63) is 58.8 Å². The Labute approximate surface area is 156 Å². The van der Waals surface area contributed by atoms with Crippen LogP contribution in [0.25, 0.3) is 11.0 Å². The lowest BCUT2D eigenvalue weighted by Gasteiger charge is -2.29. The largest absolute Gasteiger partial charge is 0.451 e. The molecule has 0 spiro atoms. The van der Waals surface area contributed by atoms with Crippen molar-refractivity contribution >= 4 is 39.9 Å². The molecular weight excluding hydrogens is 352 g/mol. The van der Waals surface area contributed by atoms with E-state index in [1.165, 1.54) is 0 Å². The smallest absolute Gasteiger partial charge is 0.291 e. The van der Waals surface area contributed by atoms with Crippen LogP contribution in [0.1, 0.15) is 16.1 Å². The summed E-state index contributed by atoms with van der Waals surface area (Å²) in [7, 11) is 0. The fourth-order valence-corrected chi connectivity index (χ4v) is 3.37. The van der Waals surface area contributed by atoms with E-state index in [0.29, 0.717) is 16.4 Å². The summed E-state index contributed by atoms with van der Waals surface area (Å²) in [5, 5.41) is 4.40. The van der Waals surface area contributed by atoms with Gasteiger partial charge >= 0.3 is 0 Å². The van der Waals surface area contributed by atoms with Crippen LogP contribution in [0.15, 0.2) is 46.9 Å². The number of hydrogen-bond donors (Lipinski definition) is 1. The highest BCUT2D eigenvalue weighted by molar-refractivity contribution is 6.31. The van der Waals surface area contributed by atoms with Crippen LogP contribution in [0, 0.1) is 6.92 Å². The van der Waals surface area contributed by atoms with Gasteiger partial charge in [0.2, 0.25) is 0 Å². The zero-order chi connectivity index (χ0) is 18.1. The van der Waals surface area contributed by atoms with Gasteiger partial charge in [-0.05, 0) is 43.3 Å². The first kappa shape index (κ1) is 16.9. The molecule has 1 aliphatic heterocycles. The number of benzene rings is 2. The van der Waals surface area contributed by atoms with Crippen LogP contribution in [0.5, 0.6) is 0 Å². The van der Waals surface area contributed by atoms with Crippen LogP contribution in [0.2, 0.25) is 5.02 Å². The standard InChI is InChI=1S/C20H19ClN2O3/c1-13-17-11-14(21)5-6-18(17)26-19(13)20(24)22-15-3-2-4-16(12-15)23-7-9-25-10-8-23/h2-6,11-12H,7-10H2,1H3,(H,22,24). The van der Waals surface area contributed by atoms with E-state index in [0.717, 1.165) is 48.6 Å². The van der Waals surface area contributed by atoms with Gasteiger partial charge in [0.1, 0.15) is 5.58 Å². The molecule has 6 heteroatoms. The molecule has 1 saturated heterocycles. The van der Waals surface area contributed by atoms with E-state index in [9.17, 15) is 4.79 Å². The highest BCUT2D eigenvalue weighted by atomic mass is 35.5. The van der Waals surface area contributed by atoms with Gasteiger partial charge in [-0.15, -0.1) is 0 Å². The Bertz CT molecular complexity index is 961. The van der Waals surface area contributed by atoms with Crippen molar-refractivity contribution in [3.63, 3.8) is 0 Å². The van der Waals surface area contributed by atoms with E-state index < -0.39 is 0 Å². The molecule has 0 radical (unpaired) electrons.